The van der Waals surface area contributed by atoms with E-state index in [0.29, 0.717) is 0 Å². The van der Waals surface area contributed by atoms with Gasteiger partial charge in [0, 0.05) is 11.6 Å². The number of para-hydroxylation sites is 1. The van der Waals surface area contributed by atoms with Crippen LogP contribution in [0.1, 0.15) is 24.3 Å². The summed E-state index contributed by atoms with van der Waals surface area (Å²) < 4.78 is 5.55. The second-order valence-corrected chi connectivity index (χ2v) is 4.82. The predicted octanol–water partition coefficient (Wildman–Crippen LogP) is 3.72. The molecule has 0 saturated carbocycles. The van der Waals surface area contributed by atoms with Gasteiger partial charge in [-0.15, -0.1) is 0 Å². The van der Waals surface area contributed by atoms with Gasteiger partial charge in [0.05, 0.1) is 17.8 Å². The Morgan fingerprint density at radius 3 is 2.85 bits per heavy atom. The van der Waals surface area contributed by atoms with Crippen molar-refractivity contribution < 1.29 is 4.42 Å². The summed E-state index contributed by atoms with van der Waals surface area (Å²) in [5, 5.41) is 4.70. The minimum Gasteiger partial charge on any atom is -0.468 e. The number of benzene rings is 1. The standard InChI is InChI=1S/C17H18N2O/c1-2-18-16(17-8-5-11-20-17)12-13-9-10-19-15-7-4-3-6-14(13)15/h3-11,16,18H,2,12H2,1H3. The first-order valence-corrected chi connectivity index (χ1v) is 6.98. The van der Waals surface area contributed by atoms with Crippen LogP contribution < -0.4 is 5.32 Å². The number of hydrogen-bond donors (Lipinski definition) is 1. The van der Waals surface area contributed by atoms with Crippen LogP contribution in [0.4, 0.5) is 0 Å². The molecule has 102 valence electrons. The molecule has 0 amide bonds. The van der Waals surface area contributed by atoms with E-state index >= 15 is 0 Å². The first kappa shape index (κ1) is 12.9. The normalized spacial score (nSPS) is 12.7. The van der Waals surface area contributed by atoms with Crippen LogP contribution in [0.25, 0.3) is 10.9 Å². The van der Waals surface area contributed by atoms with Crippen molar-refractivity contribution in [2.24, 2.45) is 0 Å². The number of pyridine rings is 1. The van der Waals surface area contributed by atoms with E-state index in [1.807, 2.05) is 30.5 Å². The maximum Gasteiger partial charge on any atom is 0.121 e. The van der Waals surface area contributed by atoms with Gasteiger partial charge in [-0.3, -0.25) is 4.98 Å². The third kappa shape index (κ3) is 2.58. The van der Waals surface area contributed by atoms with Gasteiger partial charge in [-0.25, -0.2) is 0 Å². The number of rotatable bonds is 5. The lowest BCUT2D eigenvalue weighted by Crippen LogP contribution is -2.22. The van der Waals surface area contributed by atoms with E-state index in [-0.39, 0.29) is 6.04 Å². The third-order valence-electron chi connectivity index (χ3n) is 3.50. The highest BCUT2D eigenvalue weighted by molar-refractivity contribution is 5.81. The summed E-state index contributed by atoms with van der Waals surface area (Å²) in [7, 11) is 0. The van der Waals surface area contributed by atoms with Crippen molar-refractivity contribution in [2.45, 2.75) is 19.4 Å². The van der Waals surface area contributed by atoms with Crippen molar-refractivity contribution in [3.63, 3.8) is 0 Å². The monoisotopic (exact) mass is 266 g/mol. The lowest BCUT2D eigenvalue weighted by Gasteiger charge is -2.16. The molecule has 20 heavy (non-hydrogen) atoms. The molecule has 1 unspecified atom stereocenters. The molecular formula is C17H18N2O. The molecule has 0 aliphatic rings. The first-order valence-electron chi connectivity index (χ1n) is 6.98. The highest BCUT2D eigenvalue weighted by Crippen LogP contribution is 2.23. The van der Waals surface area contributed by atoms with Crippen molar-refractivity contribution in [3.8, 4) is 0 Å². The molecule has 0 radical (unpaired) electrons. The number of aromatic nitrogens is 1. The largest absolute Gasteiger partial charge is 0.468 e. The van der Waals surface area contributed by atoms with E-state index in [2.05, 4.69) is 35.4 Å². The van der Waals surface area contributed by atoms with Crippen molar-refractivity contribution in [2.75, 3.05) is 6.54 Å². The Morgan fingerprint density at radius 1 is 1.15 bits per heavy atom. The number of hydrogen-bond acceptors (Lipinski definition) is 3. The van der Waals surface area contributed by atoms with Crippen LogP contribution in [0.15, 0.2) is 59.3 Å². The molecule has 3 nitrogen and oxygen atoms in total. The third-order valence-corrected chi connectivity index (χ3v) is 3.50. The number of nitrogens with one attached hydrogen (secondary N) is 1. The number of nitrogens with zero attached hydrogens (tertiary/aromatic N) is 1. The molecule has 1 aromatic carbocycles. The highest BCUT2D eigenvalue weighted by atomic mass is 16.3. The molecular weight excluding hydrogens is 248 g/mol. The van der Waals surface area contributed by atoms with E-state index in [0.717, 1.165) is 24.2 Å². The summed E-state index contributed by atoms with van der Waals surface area (Å²) in [5.41, 5.74) is 2.33. The Labute approximate surface area is 118 Å². The van der Waals surface area contributed by atoms with E-state index in [1.54, 1.807) is 6.26 Å². The average molecular weight is 266 g/mol. The van der Waals surface area contributed by atoms with Crippen molar-refractivity contribution >= 4 is 10.9 Å². The Balaban J connectivity index is 1.94. The van der Waals surface area contributed by atoms with Crippen molar-refractivity contribution in [1.82, 2.24) is 10.3 Å². The van der Waals surface area contributed by atoms with Gasteiger partial charge in [0.1, 0.15) is 5.76 Å². The molecule has 0 bridgehead atoms. The topological polar surface area (TPSA) is 38.1 Å². The van der Waals surface area contributed by atoms with Gasteiger partial charge in [0.15, 0.2) is 0 Å². The van der Waals surface area contributed by atoms with Gasteiger partial charge in [-0.1, -0.05) is 25.1 Å². The zero-order valence-corrected chi connectivity index (χ0v) is 11.5. The summed E-state index contributed by atoms with van der Waals surface area (Å²) in [6, 6.07) is 14.5. The van der Waals surface area contributed by atoms with Crippen molar-refractivity contribution in [1.29, 1.82) is 0 Å². The Hall–Kier alpha value is -2.13. The zero-order valence-electron chi connectivity index (χ0n) is 11.5. The molecule has 0 aliphatic heterocycles. The van der Waals surface area contributed by atoms with E-state index in [4.69, 9.17) is 4.42 Å². The maximum atomic E-state index is 5.55. The molecule has 0 spiro atoms. The molecule has 3 heteroatoms. The molecule has 0 saturated heterocycles. The fourth-order valence-corrected chi connectivity index (χ4v) is 2.56. The van der Waals surface area contributed by atoms with E-state index < -0.39 is 0 Å². The number of fused-ring (bicyclic) bond motifs is 1. The molecule has 3 rings (SSSR count). The van der Waals surface area contributed by atoms with Gasteiger partial charge in [-0.2, -0.15) is 0 Å². The van der Waals surface area contributed by atoms with Crippen LogP contribution in [0, 0.1) is 0 Å². The molecule has 1 atom stereocenters. The van der Waals surface area contributed by atoms with Crippen molar-refractivity contribution in [3.05, 3.63) is 66.2 Å². The SMILES string of the molecule is CCNC(Cc1ccnc2ccccc12)c1ccco1. The maximum absolute atomic E-state index is 5.55. The molecule has 0 fully saturated rings. The summed E-state index contributed by atoms with van der Waals surface area (Å²) in [5.74, 6) is 0.979. The van der Waals surface area contributed by atoms with Crippen LogP contribution in [-0.4, -0.2) is 11.5 Å². The summed E-state index contributed by atoms with van der Waals surface area (Å²) >= 11 is 0. The van der Waals surface area contributed by atoms with Gasteiger partial charge in [0.2, 0.25) is 0 Å². The highest BCUT2D eigenvalue weighted by Gasteiger charge is 2.15. The summed E-state index contributed by atoms with van der Waals surface area (Å²) in [6.45, 7) is 3.02. The molecule has 2 aromatic heterocycles. The fraction of sp³-hybridized carbons (Fsp3) is 0.235. The zero-order chi connectivity index (χ0) is 13.8. The fourth-order valence-electron chi connectivity index (χ4n) is 2.56. The second kappa shape index (κ2) is 5.88. The average Bonchev–Trinajstić information content (AvgIpc) is 3.01. The number of furan rings is 1. The first-order chi connectivity index (χ1) is 9.88. The predicted molar refractivity (Wildman–Crippen MR) is 80.6 cm³/mol. The van der Waals surface area contributed by atoms with Crippen LogP contribution in [0.3, 0.4) is 0 Å². The smallest absolute Gasteiger partial charge is 0.121 e. The minimum absolute atomic E-state index is 0.195. The summed E-state index contributed by atoms with van der Waals surface area (Å²) in [6.07, 6.45) is 4.50. The van der Waals surface area contributed by atoms with E-state index in [1.165, 1.54) is 10.9 Å². The summed E-state index contributed by atoms with van der Waals surface area (Å²) in [4.78, 5) is 4.41. The van der Waals surface area contributed by atoms with Crippen LogP contribution in [-0.2, 0) is 6.42 Å². The Kier molecular flexibility index (Phi) is 3.79. The lowest BCUT2D eigenvalue weighted by molar-refractivity contribution is 0.417. The van der Waals surface area contributed by atoms with Gasteiger partial charge >= 0.3 is 0 Å². The molecule has 1 N–H and O–H groups in total. The number of likely N-dealkylation sites (N-methyl/N-ethyl adjacent to an activating group) is 1. The lowest BCUT2D eigenvalue weighted by atomic mass is 10.0. The van der Waals surface area contributed by atoms with Crippen LogP contribution in [0.5, 0.6) is 0 Å². The molecule has 0 aliphatic carbocycles. The van der Waals surface area contributed by atoms with Gasteiger partial charge < -0.3 is 9.73 Å². The molecule has 2 heterocycles. The minimum atomic E-state index is 0.195. The Morgan fingerprint density at radius 2 is 2.05 bits per heavy atom. The van der Waals surface area contributed by atoms with E-state index in [9.17, 15) is 0 Å². The quantitative estimate of drug-likeness (QED) is 0.764. The Bertz CT molecular complexity index is 671. The van der Waals surface area contributed by atoms with Gasteiger partial charge in [-0.05, 0) is 42.8 Å². The second-order valence-electron chi connectivity index (χ2n) is 4.82. The van der Waals surface area contributed by atoms with Crippen LogP contribution >= 0.6 is 0 Å². The molecule has 3 aromatic rings. The van der Waals surface area contributed by atoms with Crippen LogP contribution in [0.2, 0.25) is 0 Å². The van der Waals surface area contributed by atoms with Gasteiger partial charge in [0.25, 0.3) is 0 Å².